The van der Waals surface area contributed by atoms with Gasteiger partial charge in [-0.25, -0.2) is 0 Å². The maximum atomic E-state index is 10.7. The largest absolute Gasteiger partial charge is 0.462 e. The summed E-state index contributed by atoms with van der Waals surface area (Å²) in [6.45, 7) is -0.994. The van der Waals surface area contributed by atoms with E-state index in [4.69, 9.17) is 18.9 Å². The number of nitrogens with zero attached hydrogens (tertiary/aromatic N) is 1. The number of nitro benzene ring substituents is 1. The maximum absolute atomic E-state index is 10.7. The molecule has 3 rings (SSSR count). The van der Waals surface area contributed by atoms with E-state index < -0.39 is 66.8 Å². The first-order chi connectivity index (χ1) is 14.2. The van der Waals surface area contributed by atoms with Crippen LogP contribution in [0.4, 0.5) is 5.69 Å². The minimum atomic E-state index is -1.72. The normalized spacial score (nSPS) is 39.5. The molecule has 2 aliphatic heterocycles. The molecule has 0 unspecified atom stereocenters. The molecule has 0 bridgehead atoms. The second-order valence-electron chi connectivity index (χ2n) is 6.93. The van der Waals surface area contributed by atoms with Gasteiger partial charge in [-0.2, -0.15) is 0 Å². The van der Waals surface area contributed by atoms with Crippen molar-refractivity contribution in [3.8, 4) is 5.75 Å². The summed E-state index contributed by atoms with van der Waals surface area (Å²) < 4.78 is 21.4. The Morgan fingerprint density at radius 3 is 2.27 bits per heavy atom. The van der Waals surface area contributed by atoms with E-state index in [1.165, 1.54) is 24.3 Å². The molecule has 1 aromatic carbocycles. The summed E-state index contributed by atoms with van der Waals surface area (Å²) in [6.07, 6.45) is -13.5. The molecule has 0 amide bonds. The lowest BCUT2D eigenvalue weighted by atomic mass is 9.98. The van der Waals surface area contributed by atoms with Gasteiger partial charge in [0, 0.05) is 12.1 Å². The van der Waals surface area contributed by atoms with Crippen LogP contribution in [0.15, 0.2) is 24.3 Å². The molecule has 13 nitrogen and oxygen atoms in total. The number of hydrogen-bond donors (Lipinski definition) is 6. The molecular formula is C17H23NO12. The fraction of sp³-hybridized carbons (Fsp3) is 0.647. The minimum absolute atomic E-state index is 0.146. The average Bonchev–Trinajstić information content (AvgIpc) is 2.73. The molecule has 2 saturated heterocycles. The fourth-order valence-corrected chi connectivity index (χ4v) is 3.16. The summed E-state index contributed by atoms with van der Waals surface area (Å²) in [4.78, 5) is 10.1. The third kappa shape index (κ3) is 4.69. The van der Waals surface area contributed by atoms with Gasteiger partial charge in [0.1, 0.15) is 48.5 Å². The van der Waals surface area contributed by atoms with E-state index in [2.05, 4.69) is 0 Å². The zero-order valence-corrected chi connectivity index (χ0v) is 15.5. The van der Waals surface area contributed by atoms with Crippen LogP contribution in [-0.2, 0) is 14.2 Å². The Balaban J connectivity index is 1.68. The molecule has 168 valence electrons. The fourth-order valence-electron chi connectivity index (χ4n) is 3.16. The van der Waals surface area contributed by atoms with E-state index in [0.717, 1.165) is 0 Å². The molecule has 0 aromatic heterocycles. The summed E-state index contributed by atoms with van der Waals surface area (Å²) in [5, 5.41) is 70.3. The molecular weight excluding hydrogens is 410 g/mol. The van der Waals surface area contributed by atoms with Crippen molar-refractivity contribution in [3.05, 3.63) is 34.4 Å². The first-order valence-corrected chi connectivity index (χ1v) is 9.07. The van der Waals surface area contributed by atoms with Gasteiger partial charge in [-0.05, 0) is 12.1 Å². The van der Waals surface area contributed by atoms with E-state index in [0.29, 0.717) is 0 Å². The number of non-ortho nitro benzene ring substituents is 1. The SMILES string of the molecule is O=[N+]([O-])c1ccc(O[C@@H]2OC[C@@H](O)[C@H](O[C@@H]3O[C@H](CO)[C@H](O)[C@H](O)[C@H]3O)[C@H]2O)cc1. The molecule has 0 aliphatic carbocycles. The molecule has 13 heteroatoms. The molecule has 0 spiro atoms. The predicted molar refractivity (Wildman–Crippen MR) is 94.1 cm³/mol. The van der Waals surface area contributed by atoms with E-state index >= 15 is 0 Å². The molecule has 1 aromatic rings. The maximum Gasteiger partial charge on any atom is 0.269 e. The summed E-state index contributed by atoms with van der Waals surface area (Å²) in [5.41, 5.74) is -0.160. The number of hydrogen-bond acceptors (Lipinski definition) is 12. The van der Waals surface area contributed by atoms with Crippen LogP contribution in [0.3, 0.4) is 0 Å². The zero-order valence-electron chi connectivity index (χ0n) is 15.5. The highest BCUT2D eigenvalue weighted by Gasteiger charge is 2.48. The third-order valence-corrected chi connectivity index (χ3v) is 4.87. The Morgan fingerprint density at radius 1 is 1.00 bits per heavy atom. The van der Waals surface area contributed by atoms with Crippen molar-refractivity contribution in [2.24, 2.45) is 0 Å². The van der Waals surface area contributed by atoms with Gasteiger partial charge in [-0.3, -0.25) is 10.1 Å². The number of rotatable bonds is 6. The molecule has 30 heavy (non-hydrogen) atoms. The van der Waals surface area contributed by atoms with Crippen LogP contribution in [0.5, 0.6) is 5.75 Å². The highest BCUT2D eigenvalue weighted by Crippen LogP contribution is 2.28. The molecule has 0 radical (unpaired) electrons. The number of aliphatic hydroxyl groups is 6. The van der Waals surface area contributed by atoms with E-state index in [9.17, 15) is 40.8 Å². The highest BCUT2D eigenvalue weighted by atomic mass is 16.7. The van der Waals surface area contributed by atoms with Gasteiger partial charge in [0.15, 0.2) is 6.29 Å². The van der Waals surface area contributed by atoms with Crippen LogP contribution >= 0.6 is 0 Å². The van der Waals surface area contributed by atoms with Gasteiger partial charge in [0.2, 0.25) is 6.29 Å². The number of ether oxygens (including phenoxy) is 4. The zero-order chi connectivity index (χ0) is 22.0. The summed E-state index contributed by atoms with van der Waals surface area (Å²) in [7, 11) is 0. The molecule has 6 N–H and O–H groups in total. The molecule has 9 atom stereocenters. The van der Waals surface area contributed by atoms with E-state index in [1.54, 1.807) is 0 Å². The van der Waals surface area contributed by atoms with Crippen molar-refractivity contribution in [2.75, 3.05) is 13.2 Å². The Bertz CT molecular complexity index is 715. The standard InChI is InChI=1S/C17H23NO12/c19-5-10-11(21)12(22)13(23)17(29-10)30-15-9(20)6-27-16(14(15)24)28-8-3-1-7(2-4-8)18(25)26/h1-4,9-17,19-24H,5-6H2/t9-,10-,11+,12+,13-,14-,15+,16+,17+/m1/s1. The highest BCUT2D eigenvalue weighted by molar-refractivity contribution is 5.36. The monoisotopic (exact) mass is 433 g/mol. The van der Waals surface area contributed by atoms with Crippen molar-refractivity contribution in [3.63, 3.8) is 0 Å². The summed E-state index contributed by atoms with van der Waals surface area (Å²) in [5.74, 6) is 0.146. The van der Waals surface area contributed by atoms with E-state index in [1.807, 2.05) is 0 Å². The first-order valence-electron chi connectivity index (χ1n) is 9.07. The number of benzene rings is 1. The van der Waals surface area contributed by atoms with Gasteiger partial charge < -0.3 is 49.6 Å². The minimum Gasteiger partial charge on any atom is -0.462 e. The van der Waals surface area contributed by atoms with Crippen LogP contribution in [-0.4, -0.2) is 104 Å². The summed E-state index contributed by atoms with van der Waals surface area (Å²) >= 11 is 0. The molecule has 0 saturated carbocycles. The molecule has 2 fully saturated rings. The van der Waals surface area contributed by atoms with Crippen LogP contribution in [0.1, 0.15) is 0 Å². The second kappa shape index (κ2) is 9.47. The lowest BCUT2D eigenvalue weighted by molar-refractivity contribution is -0.384. The smallest absolute Gasteiger partial charge is 0.269 e. The predicted octanol–water partition coefficient (Wildman–Crippen LogP) is -2.76. The van der Waals surface area contributed by atoms with E-state index in [-0.39, 0.29) is 18.0 Å². The van der Waals surface area contributed by atoms with Gasteiger partial charge in [0.25, 0.3) is 5.69 Å². The summed E-state index contributed by atoms with van der Waals surface area (Å²) in [6, 6.07) is 4.99. The topological polar surface area (TPSA) is 201 Å². The molecule has 2 aliphatic rings. The van der Waals surface area contributed by atoms with Crippen molar-refractivity contribution in [1.29, 1.82) is 0 Å². The van der Waals surface area contributed by atoms with Crippen molar-refractivity contribution in [2.45, 2.75) is 55.3 Å². The van der Waals surface area contributed by atoms with Crippen LogP contribution in [0.25, 0.3) is 0 Å². The van der Waals surface area contributed by atoms with Crippen LogP contribution in [0, 0.1) is 10.1 Å². The Hall–Kier alpha value is -1.94. The van der Waals surface area contributed by atoms with Crippen molar-refractivity contribution < 1.29 is 54.5 Å². The third-order valence-electron chi connectivity index (χ3n) is 4.87. The van der Waals surface area contributed by atoms with Gasteiger partial charge >= 0.3 is 0 Å². The Morgan fingerprint density at radius 2 is 1.67 bits per heavy atom. The van der Waals surface area contributed by atoms with Gasteiger partial charge in [0.05, 0.1) is 18.1 Å². The Labute approximate surface area is 169 Å². The van der Waals surface area contributed by atoms with Crippen molar-refractivity contribution >= 4 is 5.69 Å². The lowest BCUT2D eigenvalue weighted by Gasteiger charge is -2.44. The van der Waals surface area contributed by atoms with Crippen LogP contribution in [0.2, 0.25) is 0 Å². The second-order valence-corrected chi connectivity index (χ2v) is 6.93. The first kappa shape index (κ1) is 22.7. The van der Waals surface area contributed by atoms with Gasteiger partial charge in [-0.15, -0.1) is 0 Å². The van der Waals surface area contributed by atoms with Gasteiger partial charge in [-0.1, -0.05) is 0 Å². The Kier molecular flexibility index (Phi) is 7.18. The lowest BCUT2D eigenvalue weighted by Crippen LogP contribution is -2.63. The quantitative estimate of drug-likeness (QED) is 0.200. The molecule has 2 heterocycles. The average molecular weight is 433 g/mol. The number of aliphatic hydroxyl groups excluding tert-OH is 6. The van der Waals surface area contributed by atoms with Crippen molar-refractivity contribution in [1.82, 2.24) is 0 Å². The van der Waals surface area contributed by atoms with Crippen LogP contribution < -0.4 is 4.74 Å². The number of nitro groups is 1.